The van der Waals surface area contributed by atoms with E-state index in [0.717, 1.165) is 24.6 Å². The van der Waals surface area contributed by atoms with Crippen LogP contribution in [0.15, 0.2) is 11.6 Å². The number of hydrogen-bond acceptors (Lipinski definition) is 3. The van der Waals surface area contributed by atoms with Crippen molar-refractivity contribution < 1.29 is 9.59 Å². The Morgan fingerprint density at radius 2 is 2.11 bits per heavy atom. The monoisotopic (exact) mass is 268 g/mol. The second-order valence-corrected chi connectivity index (χ2v) is 7.47. The minimum atomic E-state index is -0.215. The van der Waals surface area contributed by atoms with Gasteiger partial charge in [0, 0.05) is 13.3 Å². The smallest absolute Gasteiger partial charge is 0.186 e. The molecule has 0 bridgehead atoms. The second kappa shape index (κ2) is 6.05. The van der Waals surface area contributed by atoms with Crippen LogP contribution in [0.5, 0.6) is 0 Å². The van der Waals surface area contributed by atoms with Crippen LogP contribution in [0.4, 0.5) is 0 Å². The maximum absolute atomic E-state index is 12.2. The number of hydrogen-bond donors (Lipinski definition) is 0. The third kappa shape index (κ3) is 3.98. The summed E-state index contributed by atoms with van der Waals surface area (Å²) in [5, 5.41) is -0.195. The van der Waals surface area contributed by atoms with Gasteiger partial charge in [0.2, 0.25) is 0 Å². The van der Waals surface area contributed by atoms with Crippen molar-refractivity contribution in [2.45, 2.75) is 59.1 Å². The van der Waals surface area contributed by atoms with E-state index in [1.54, 1.807) is 0 Å². The largest absolute Gasteiger partial charge is 0.298 e. The topological polar surface area (TPSA) is 34.1 Å². The van der Waals surface area contributed by atoms with Crippen LogP contribution in [0.2, 0.25) is 0 Å². The summed E-state index contributed by atoms with van der Waals surface area (Å²) in [7, 11) is 0. The van der Waals surface area contributed by atoms with Crippen LogP contribution in [0.3, 0.4) is 0 Å². The minimum Gasteiger partial charge on any atom is -0.298 e. The van der Waals surface area contributed by atoms with Gasteiger partial charge in [-0.25, -0.2) is 0 Å². The van der Waals surface area contributed by atoms with E-state index in [-0.39, 0.29) is 21.6 Å². The first-order valence-electron chi connectivity index (χ1n) is 6.60. The number of allylic oxidation sites excluding steroid dienone is 2. The molecule has 18 heavy (non-hydrogen) atoms. The van der Waals surface area contributed by atoms with Gasteiger partial charge < -0.3 is 0 Å². The first-order valence-corrected chi connectivity index (χ1v) is 7.48. The molecule has 0 saturated carbocycles. The maximum Gasteiger partial charge on any atom is 0.186 e. The molecule has 1 aliphatic carbocycles. The fraction of sp³-hybridized carbons (Fsp3) is 0.733. The molecule has 2 unspecified atom stereocenters. The van der Waals surface area contributed by atoms with Gasteiger partial charge in [-0.05, 0) is 38.0 Å². The molecule has 0 amide bonds. The number of thioether (sulfide) groups is 1. The maximum atomic E-state index is 12.2. The Morgan fingerprint density at radius 1 is 1.50 bits per heavy atom. The fourth-order valence-corrected chi connectivity index (χ4v) is 3.45. The van der Waals surface area contributed by atoms with Crippen molar-refractivity contribution in [1.29, 1.82) is 0 Å². The second-order valence-electron chi connectivity index (χ2n) is 5.95. The minimum absolute atomic E-state index is 0.0195. The lowest BCUT2D eigenvalue weighted by Crippen LogP contribution is -2.31. The molecule has 102 valence electrons. The summed E-state index contributed by atoms with van der Waals surface area (Å²) in [5.74, 6) is 0.525. The number of rotatable bonds is 4. The average Bonchev–Trinajstić information content (AvgIpc) is 2.22. The normalized spacial score (nSPS) is 24.3. The van der Waals surface area contributed by atoms with Crippen LogP contribution >= 0.6 is 11.8 Å². The molecule has 0 radical (unpaired) electrons. The molecule has 1 rings (SSSR count). The van der Waals surface area contributed by atoms with Crippen molar-refractivity contribution >= 4 is 22.7 Å². The molecular weight excluding hydrogens is 244 g/mol. The predicted octanol–water partition coefficient (Wildman–Crippen LogP) is 4.00. The van der Waals surface area contributed by atoms with E-state index in [4.69, 9.17) is 0 Å². The summed E-state index contributed by atoms with van der Waals surface area (Å²) >= 11 is 1.14. The molecule has 3 heteroatoms. The van der Waals surface area contributed by atoms with Crippen LogP contribution in [0, 0.1) is 11.3 Å². The van der Waals surface area contributed by atoms with E-state index >= 15 is 0 Å². The van der Waals surface area contributed by atoms with E-state index in [1.807, 2.05) is 6.92 Å². The summed E-state index contributed by atoms with van der Waals surface area (Å²) < 4.78 is 0. The molecule has 0 saturated heterocycles. The van der Waals surface area contributed by atoms with E-state index in [9.17, 15) is 9.59 Å². The van der Waals surface area contributed by atoms with Gasteiger partial charge in [-0.1, -0.05) is 37.3 Å². The molecule has 1 aliphatic rings. The molecule has 0 heterocycles. The third-order valence-electron chi connectivity index (χ3n) is 3.95. The van der Waals surface area contributed by atoms with Gasteiger partial charge in [0.15, 0.2) is 5.12 Å². The van der Waals surface area contributed by atoms with Gasteiger partial charge in [0.25, 0.3) is 0 Å². The van der Waals surface area contributed by atoms with E-state index < -0.39 is 0 Å². The Balaban J connectivity index is 2.70. The lowest BCUT2D eigenvalue weighted by atomic mass is 9.67. The summed E-state index contributed by atoms with van der Waals surface area (Å²) in [4.78, 5) is 23.2. The van der Waals surface area contributed by atoms with Gasteiger partial charge in [0.1, 0.15) is 5.78 Å². The van der Waals surface area contributed by atoms with Crippen LogP contribution in [0.1, 0.15) is 53.9 Å². The van der Waals surface area contributed by atoms with Crippen LogP contribution in [-0.4, -0.2) is 16.1 Å². The Bertz CT molecular complexity index is 369. The Kier molecular flexibility index (Phi) is 5.20. The lowest BCUT2D eigenvalue weighted by Gasteiger charge is -2.38. The molecule has 0 spiro atoms. The molecule has 2 atom stereocenters. The number of carbonyl (C=O) groups is 2. The van der Waals surface area contributed by atoms with Gasteiger partial charge in [-0.3, -0.25) is 9.59 Å². The highest BCUT2D eigenvalue weighted by Gasteiger charge is 2.35. The van der Waals surface area contributed by atoms with Crippen molar-refractivity contribution in [2.75, 3.05) is 0 Å². The molecule has 0 aliphatic heterocycles. The van der Waals surface area contributed by atoms with E-state index in [0.29, 0.717) is 12.3 Å². The summed E-state index contributed by atoms with van der Waals surface area (Å²) in [6.45, 7) is 9.96. The number of ketones is 1. The van der Waals surface area contributed by atoms with Crippen molar-refractivity contribution in [3.8, 4) is 0 Å². The van der Waals surface area contributed by atoms with Crippen LogP contribution in [-0.2, 0) is 9.59 Å². The fourth-order valence-electron chi connectivity index (χ4n) is 2.72. The molecule has 0 aromatic carbocycles. The summed E-state index contributed by atoms with van der Waals surface area (Å²) in [6.07, 6.45) is 5.07. The summed E-state index contributed by atoms with van der Waals surface area (Å²) in [5.41, 5.74) is 1.52. The molecule has 0 aromatic rings. The zero-order valence-electron chi connectivity index (χ0n) is 12.1. The average molecular weight is 268 g/mol. The van der Waals surface area contributed by atoms with Crippen LogP contribution in [0.25, 0.3) is 0 Å². The summed E-state index contributed by atoms with van der Waals surface area (Å²) in [6, 6.07) is 0. The molecular formula is C15H24O2S. The highest BCUT2D eigenvalue weighted by atomic mass is 32.2. The zero-order chi connectivity index (χ0) is 13.9. The SMILES string of the molecule is CC(=O)SC(C)C(=O)CC1C(C)=CCCC1(C)C. The van der Waals surface area contributed by atoms with Gasteiger partial charge in [0.05, 0.1) is 5.25 Å². The van der Waals surface area contributed by atoms with Crippen molar-refractivity contribution in [2.24, 2.45) is 11.3 Å². The van der Waals surface area contributed by atoms with Crippen molar-refractivity contribution in [3.05, 3.63) is 11.6 Å². The van der Waals surface area contributed by atoms with E-state index in [1.165, 1.54) is 12.5 Å². The van der Waals surface area contributed by atoms with Gasteiger partial charge in [-0.2, -0.15) is 0 Å². The Hall–Kier alpha value is -0.570. The Labute approximate surface area is 115 Å². The molecule has 0 fully saturated rings. The third-order valence-corrected chi connectivity index (χ3v) is 4.90. The van der Waals surface area contributed by atoms with Crippen LogP contribution < -0.4 is 0 Å². The lowest BCUT2D eigenvalue weighted by molar-refractivity contribution is -0.120. The van der Waals surface area contributed by atoms with Crippen molar-refractivity contribution in [1.82, 2.24) is 0 Å². The van der Waals surface area contributed by atoms with E-state index in [2.05, 4.69) is 26.8 Å². The molecule has 0 N–H and O–H groups in total. The van der Waals surface area contributed by atoms with Gasteiger partial charge in [-0.15, -0.1) is 0 Å². The standard InChI is InChI=1S/C15H24O2S/c1-10-7-6-8-15(4,5)13(10)9-14(17)11(2)18-12(3)16/h7,11,13H,6,8-9H2,1-5H3. The molecule has 2 nitrogen and oxygen atoms in total. The predicted molar refractivity (Wildman–Crippen MR) is 77.6 cm³/mol. The zero-order valence-corrected chi connectivity index (χ0v) is 12.9. The first-order chi connectivity index (χ1) is 8.24. The van der Waals surface area contributed by atoms with Crippen molar-refractivity contribution in [3.63, 3.8) is 0 Å². The first kappa shape index (κ1) is 15.5. The highest BCUT2D eigenvalue weighted by molar-refractivity contribution is 8.14. The van der Waals surface area contributed by atoms with Gasteiger partial charge >= 0.3 is 0 Å². The Morgan fingerprint density at radius 3 is 2.61 bits per heavy atom. The quantitative estimate of drug-likeness (QED) is 0.723. The number of Topliss-reactive ketones (excluding diaryl/α,β-unsaturated/α-hetero) is 1. The molecule has 0 aromatic heterocycles. The highest BCUT2D eigenvalue weighted by Crippen LogP contribution is 2.43. The number of carbonyl (C=O) groups excluding carboxylic acids is 2.